The summed E-state index contributed by atoms with van der Waals surface area (Å²) in [5.74, 6) is -3.83. The van der Waals surface area contributed by atoms with E-state index in [1.807, 2.05) is 0 Å². The first-order valence-corrected chi connectivity index (χ1v) is 14.8. The minimum absolute atomic E-state index is 0.0432. The molecule has 5 rings (SSSR count). The molecule has 2 fully saturated rings. The third-order valence-corrected chi connectivity index (χ3v) is 7.84. The zero-order valence-corrected chi connectivity index (χ0v) is 25.8. The van der Waals surface area contributed by atoms with Crippen molar-refractivity contribution in [2.45, 2.75) is 75.3 Å². The van der Waals surface area contributed by atoms with Crippen molar-refractivity contribution in [3.63, 3.8) is 0 Å². The molecule has 10 atom stereocenters. The summed E-state index contributed by atoms with van der Waals surface area (Å²) in [5, 5.41) is 80.7. The minimum Gasteiger partial charge on any atom is -0.507 e. The van der Waals surface area contributed by atoms with E-state index in [1.54, 1.807) is 0 Å². The molecular formula is C31H34O18. The molecule has 49 heavy (non-hydrogen) atoms. The standard InChI is InChI=1S/C31H34O18/c1-11(34)43-26-20(10-33)48-31(29(28(26)44-12(2)35)49-30-25(42)24(41)23(40)19(9-32)47-30)45-14-5-3-13(4-6-14)18-8-16(37)21-15(36)7-17(38)22(39)27(21)46-18/h3-8,19-20,23-26,28-33,36,38-42H,9-10H2,1-2H3/t19-,20-,23-,24+,25+,26-,28+,29-,30-,31-/m1/s1. The van der Waals surface area contributed by atoms with Gasteiger partial charge in [-0.3, -0.25) is 14.4 Å². The number of carbonyl (C=O) groups excluding carboxylic acids is 2. The molecule has 2 aliphatic heterocycles. The number of phenols is 3. The van der Waals surface area contributed by atoms with Crippen LogP contribution in [0.1, 0.15) is 13.8 Å². The number of phenolic OH excluding ortho intramolecular Hbond substituents is 3. The van der Waals surface area contributed by atoms with E-state index in [-0.39, 0.29) is 22.5 Å². The molecule has 3 aromatic rings. The van der Waals surface area contributed by atoms with Crippen molar-refractivity contribution in [3.8, 4) is 34.3 Å². The highest BCUT2D eigenvalue weighted by Crippen LogP contribution is 2.40. The van der Waals surface area contributed by atoms with E-state index >= 15 is 0 Å². The summed E-state index contributed by atoms with van der Waals surface area (Å²) in [7, 11) is 0. The molecule has 18 heteroatoms. The molecule has 0 aliphatic carbocycles. The SMILES string of the molecule is CC(=O)O[C@@H]1[C@@H](O[C@H]2O[C@H](CO)[C@@H](O)[C@H](O)[C@@H]2O)[C@H](Oc2ccc(-c3cc(=O)c4c(O)cc(O)c(O)c4o3)cc2)O[C@H](CO)[C@H]1OC(C)=O. The lowest BCUT2D eigenvalue weighted by Crippen LogP contribution is -2.66. The van der Waals surface area contributed by atoms with Crippen LogP contribution in [0, 0.1) is 0 Å². The first-order chi connectivity index (χ1) is 23.2. The maximum atomic E-state index is 12.7. The van der Waals surface area contributed by atoms with E-state index < -0.39 is 115 Å². The van der Waals surface area contributed by atoms with Crippen LogP contribution in [0.25, 0.3) is 22.3 Å². The van der Waals surface area contributed by atoms with E-state index in [1.165, 1.54) is 24.3 Å². The van der Waals surface area contributed by atoms with Crippen LogP contribution in [0.4, 0.5) is 0 Å². The van der Waals surface area contributed by atoms with Crippen LogP contribution in [-0.4, -0.2) is 127 Å². The minimum atomic E-state index is -1.90. The molecule has 2 aromatic carbocycles. The Bertz CT molecular complexity index is 1720. The van der Waals surface area contributed by atoms with Crippen LogP contribution in [0.15, 0.2) is 45.6 Å². The molecule has 0 radical (unpaired) electrons. The van der Waals surface area contributed by atoms with Gasteiger partial charge in [0.25, 0.3) is 0 Å². The molecule has 0 saturated carbocycles. The molecule has 3 heterocycles. The largest absolute Gasteiger partial charge is 0.507 e. The highest BCUT2D eigenvalue weighted by molar-refractivity contribution is 5.91. The molecule has 0 amide bonds. The lowest BCUT2D eigenvalue weighted by molar-refractivity contribution is -0.358. The summed E-state index contributed by atoms with van der Waals surface area (Å²) in [5.41, 5.74) is -0.909. The molecule has 0 spiro atoms. The van der Waals surface area contributed by atoms with Crippen molar-refractivity contribution in [2.24, 2.45) is 0 Å². The number of rotatable bonds is 9. The Kier molecular flexibility index (Phi) is 10.6. The Morgan fingerprint density at radius 3 is 1.98 bits per heavy atom. The van der Waals surface area contributed by atoms with Gasteiger partial charge in [0.05, 0.1) is 13.2 Å². The summed E-state index contributed by atoms with van der Waals surface area (Å²) < 4.78 is 39.6. The summed E-state index contributed by atoms with van der Waals surface area (Å²) in [6.07, 6.45) is -16.3. The van der Waals surface area contributed by atoms with Crippen LogP contribution >= 0.6 is 0 Å². The summed E-state index contributed by atoms with van der Waals surface area (Å²) in [6.45, 7) is 0.552. The molecule has 18 nitrogen and oxygen atoms in total. The van der Waals surface area contributed by atoms with E-state index in [4.69, 9.17) is 32.8 Å². The smallest absolute Gasteiger partial charge is 0.303 e. The number of fused-ring (bicyclic) bond motifs is 1. The predicted molar refractivity (Wildman–Crippen MR) is 159 cm³/mol. The van der Waals surface area contributed by atoms with Crippen molar-refractivity contribution in [3.05, 3.63) is 46.6 Å². The number of hydrogen-bond acceptors (Lipinski definition) is 18. The van der Waals surface area contributed by atoms with Gasteiger partial charge < -0.3 is 73.7 Å². The fraction of sp³-hybridized carbons (Fsp3) is 0.452. The first-order valence-electron chi connectivity index (χ1n) is 14.8. The van der Waals surface area contributed by atoms with E-state index in [9.17, 15) is 55.2 Å². The zero-order valence-electron chi connectivity index (χ0n) is 25.8. The normalized spacial score (nSPS) is 30.1. The van der Waals surface area contributed by atoms with Crippen LogP contribution < -0.4 is 10.2 Å². The number of ether oxygens (including phenoxy) is 6. The third-order valence-electron chi connectivity index (χ3n) is 7.84. The highest BCUT2D eigenvalue weighted by atomic mass is 16.8. The van der Waals surface area contributed by atoms with Crippen LogP contribution in [-0.2, 0) is 33.3 Å². The number of aromatic hydroxyl groups is 3. The van der Waals surface area contributed by atoms with Gasteiger partial charge in [-0.25, -0.2) is 0 Å². The number of aliphatic hydroxyl groups excluding tert-OH is 5. The fourth-order valence-electron chi connectivity index (χ4n) is 5.52. The number of benzene rings is 2. The Labute approximate surface area is 275 Å². The van der Waals surface area contributed by atoms with Gasteiger partial charge in [0.2, 0.25) is 12.0 Å². The molecule has 1 aromatic heterocycles. The summed E-state index contributed by atoms with van der Waals surface area (Å²) in [6, 6.07) is 7.44. The third kappa shape index (κ3) is 7.26. The Morgan fingerprint density at radius 2 is 1.37 bits per heavy atom. The second kappa shape index (κ2) is 14.5. The Balaban J connectivity index is 1.49. The maximum Gasteiger partial charge on any atom is 0.303 e. The van der Waals surface area contributed by atoms with Crippen LogP contribution in [0.2, 0.25) is 0 Å². The number of carbonyl (C=O) groups is 2. The molecule has 0 unspecified atom stereocenters. The van der Waals surface area contributed by atoms with Crippen molar-refractivity contribution in [1.29, 1.82) is 0 Å². The molecule has 2 aliphatic rings. The highest BCUT2D eigenvalue weighted by Gasteiger charge is 2.54. The lowest BCUT2D eigenvalue weighted by atomic mass is 9.96. The number of hydrogen-bond donors (Lipinski definition) is 8. The average molecular weight is 695 g/mol. The van der Waals surface area contributed by atoms with Crippen molar-refractivity contribution < 1.29 is 83.3 Å². The van der Waals surface area contributed by atoms with Gasteiger partial charge in [0.15, 0.2) is 41.4 Å². The molecule has 2 saturated heterocycles. The second-order valence-corrected chi connectivity index (χ2v) is 11.3. The molecule has 266 valence electrons. The quantitative estimate of drug-likeness (QED) is 0.0735. The second-order valence-electron chi connectivity index (χ2n) is 11.3. The topological polar surface area (TPSA) is 282 Å². The maximum absolute atomic E-state index is 12.7. The molecule has 0 bridgehead atoms. The predicted octanol–water partition coefficient (Wildman–Crippen LogP) is -1.28. The van der Waals surface area contributed by atoms with E-state index in [2.05, 4.69) is 0 Å². The van der Waals surface area contributed by atoms with Gasteiger partial charge in [-0.1, -0.05) is 0 Å². The monoisotopic (exact) mass is 694 g/mol. The Hall–Kier alpha value is -4.53. The number of esters is 2. The van der Waals surface area contributed by atoms with Crippen LogP contribution in [0.3, 0.4) is 0 Å². The van der Waals surface area contributed by atoms with Gasteiger partial charge >= 0.3 is 11.9 Å². The van der Waals surface area contributed by atoms with Crippen molar-refractivity contribution in [2.75, 3.05) is 13.2 Å². The fourth-order valence-corrected chi connectivity index (χ4v) is 5.52. The summed E-state index contributed by atoms with van der Waals surface area (Å²) >= 11 is 0. The Morgan fingerprint density at radius 1 is 0.755 bits per heavy atom. The van der Waals surface area contributed by atoms with Gasteiger partial charge in [-0.2, -0.15) is 0 Å². The zero-order chi connectivity index (χ0) is 35.7. The van der Waals surface area contributed by atoms with E-state index in [0.717, 1.165) is 26.0 Å². The first kappa shape index (κ1) is 35.8. The molecular weight excluding hydrogens is 660 g/mol. The lowest BCUT2D eigenvalue weighted by Gasteiger charge is -2.47. The van der Waals surface area contributed by atoms with Gasteiger partial charge in [-0.15, -0.1) is 0 Å². The summed E-state index contributed by atoms with van der Waals surface area (Å²) in [4.78, 5) is 36.9. The van der Waals surface area contributed by atoms with Gasteiger partial charge in [-0.05, 0) is 24.3 Å². The van der Waals surface area contributed by atoms with Crippen LogP contribution in [0.5, 0.6) is 23.0 Å². The van der Waals surface area contributed by atoms with Gasteiger partial charge in [0.1, 0.15) is 53.2 Å². The number of aliphatic hydroxyl groups is 5. The van der Waals surface area contributed by atoms with E-state index in [0.29, 0.717) is 0 Å². The average Bonchev–Trinajstić information content (AvgIpc) is 3.05. The molecule has 8 N–H and O–H groups in total. The van der Waals surface area contributed by atoms with Gasteiger partial charge in [0, 0.05) is 31.5 Å². The van der Waals surface area contributed by atoms with Crippen molar-refractivity contribution >= 4 is 22.9 Å². The van der Waals surface area contributed by atoms with Crippen molar-refractivity contribution in [1.82, 2.24) is 0 Å².